The second-order valence-corrected chi connectivity index (χ2v) is 7.73. The Morgan fingerprint density at radius 3 is 2.21 bits per heavy atom. The number of aryl methyl sites for hydroxylation is 1. The molecule has 0 radical (unpaired) electrons. The molecule has 0 saturated carbocycles. The standard InChI is InChI=1S/C24H26O4/c1-13(2)23(25)27-21-17-11-10-15(5)12-19(17)22(28-24(26)14(3)4)20-16(6)8-7-9-18(20)21/h10-12,16H,1,3,7-9H2,2,4-6H3. The highest BCUT2D eigenvalue weighted by Gasteiger charge is 2.30. The molecule has 0 spiro atoms. The van der Waals surface area contributed by atoms with Gasteiger partial charge in [-0.3, -0.25) is 0 Å². The number of esters is 2. The number of hydrogen-bond donors (Lipinski definition) is 0. The second kappa shape index (κ2) is 7.63. The summed E-state index contributed by atoms with van der Waals surface area (Å²) in [5.74, 6) is 0.399. The van der Waals surface area contributed by atoms with Gasteiger partial charge in [0.15, 0.2) is 0 Å². The van der Waals surface area contributed by atoms with Crippen LogP contribution in [0.4, 0.5) is 0 Å². The molecular weight excluding hydrogens is 352 g/mol. The van der Waals surface area contributed by atoms with E-state index in [1.807, 2.05) is 25.1 Å². The molecule has 2 aromatic rings. The Hall–Kier alpha value is -2.88. The smallest absolute Gasteiger partial charge is 0.338 e. The molecule has 0 fully saturated rings. The molecular formula is C24H26O4. The molecule has 0 bridgehead atoms. The molecule has 0 aliphatic heterocycles. The molecule has 3 rings (SSSR count). The number of fused-ring (bicyclic) bond motifs is 2. The van der Waals surface area contributed by atoms with Crippen molar-refractivity contribution >= 4 is 22.7 Å². The SMILES string of the molecule is C=C(C)C(=O)Oc1c2c(c(OC(=O)C(=C)C)c3cc(C)ccc13)C(C)CCC2. The van der Waals surface area contributed by atoms with Crippen LogP contribution in [-0.2, 0) is 16.0 Å². The van der Waals surface area contributed by atoms with Gasteiger partial charge in [-0.05, 0) is 52.0 Å². The molecule has 28 heavy (non-hydrogen) atoms. The number of carbonyl (C=O) groups is 2. The fraction of sp³-hybridized carbons (Fsp3) is 0.333. The van der Waals surface area contributed by atoms with Gasteiger partial charge in [-0.15, -0.1) is 0 Å². The average Bonchev–Trinajstić information content (AvgIpc) is 2.63. The predicted octanol–water partition coefficient (Wildman–Crippen LogP) is 5.55. The third-order valence-electron chi connectivity index (χ3n) is 5.15. The molecule has 1 aliphatic rings. The van der Waals surface area contributed by atoms with Gasteiger partial charge in [-0.25, -0.2) is 9.59 Å². The van der Waals surface area contributed by atoms with Crippen LogP contribution in [0.15, 0.2) is 42.5 Å². The maximum atomic E-state index is 12.4. The van der Waals surface area contributed by atoms with Gasteiger partial charge in [0, 0.05) is 33.0 Å². The Balaban J connectivity index is 2.35. The van der Waals surface area contributed by atoms with E-state index in [1.54, 1.807) is 13.8 Å². The minimum Gasteiger partial charge on any atom is -0.422 e. The van der Waals surface area contributed by atoms with E-state index < -0.39 is 11.9 Å². The van der Waals surface area contributed by atoms with Crippen LogP contribution in [0, 0.1) is 6.92 Å². The van der Waals surface area contributed by atoms with Crippen LogP contribution in [-0.4, -0.2) is 11.9 Å². The van der Waals surface area contributed by atoms with Crippen molar-refractivity contribution in [3.05, 3.63) is 59.2 Å². The lowest BCUT2D eigenvalue weighted by Crippen LogP contribution is -2.18. The summed E-state index contributed by atoms with van der Waals surface area (Å²) in [6.45, 7) is 14.8. The zero-order chi connectivity index (χ0) is 20.6. The first-order valence-corrected chi connectivity index (χ1v) is 9.55. The van der Waals surface area contributed by atoms with E-state index in [0.717, 1.165) is 46.7 Å². The van der Waals surface area contributed by atoms with Crippen molar-refractivity contribution in [3.63, 3.8) is 0 Å². The van der Waals surface area contributed by atoms with Crippen LogP contribution in [0.25, 0.3) is 10.8 Å². The Morgan fingerprint density at radius 2 is 1.61 bits per heavy atom. The van der Waals surface area contributed by atoms with Crippen molar-refractivity contribution in [1.29, 1.82) is 0 Å². The van der Waals surface area contributed by atoms with Gasteiger partial charge in [-0.2, -0.15) is 0 Å². The second-order valence-electron chi connectivity index (χ2n) is 7.73. The minimum absolute atomic E-state index is 0.184. The van der Waals surface area contributed by atoms with E-state index in [0.29, 0.717) is 22.6 Å². The lowest BCUT2D eigenvalue weighted by molar-refractivity contribution is -0.131. The number of ether oxygens (including phenoxy) is 2. The molecule has 0 N–H and O–H groups in total. The third kappa shape index (κ3) is 3.59. The molecule has 0 saturated heterocycles. The van der Waals surface area contributed by atoms with E-state index in [-0.39, 0.29) is 5.92 Å². The van der Waals surface area contributed by atoms with Gasteiger partial charge in [0.05, 0.1) is 0 Å². The van der Waals surface area contributed by atoms with Gasteiger partial charge in [0.1, 0.15) is 11.5 Å². The fourth-order valence-corrected chi connectivity index (χ4v) is 3.70. The molecule has 1 aliphatic carbocycles. The predicted molar refractivity (Wildman–Crippen MR) is 111 cm³/mol. The summed E-state index contributed by atoms with van der Waals surface area (Å²) in [6, 6.07) is 5.85. The Bertz CT molecular complexity index is 1010. The van der Waals surface area contributed by atoms with Crippen molar-refractivity contribution in [2.75, 3.05) is 0 Å². The summed E-state index contributed by atoms with van der Waals surface area (Å²) >= 11 is 0. The van der Waals surface area contributed by atoms with Crippen LogP contribution in [0.2, 0.25) is 0 Å². The average molecular weight is 378 g/mol. The van der Waals surface area contributed by atoms with Crippen molar-refractivity contribution in [2.45, 2.75) is 52.9 Å². The van der Waals surface area contributed by atoms with E-state index in [2.05, 4.69) is 20.1 Å². The minimum atomic E-state index is -0.450. The van der Waals surface area contributed by atoms with Crippen LogP contribution in [0.1, 0.15) is 56.2 Å². The Labute approximate surface area is 165 Å². The molecule has 1 unspecified atom stereocenters. The maximum Gasteiger partial charge on any atom is 0.338 e. The zero-order valence-electron chi connectivity index (χ0n) is 17.0. The first-order chi connectivity index (χ1) is 13.2. The number of rotatable bonds is 4. The molecule has 0 amide bonds. The molecule has 1 atom stereocenters. The number of benzene rings is 2. The van der Waals surface area contributed by atoms with E-state index in [4.69, 9.17) is 9.47 Å². The van der Waals surface area contributed by atoms with E-state index >= 15 is 0 Å². The fourth-order valence-electron chi connectivity index (χ4n) is 3.70. The van der Waals surface area contributed by atoms with Crippen molar-refractivity contribution in [3.8, 4) is 11.5 Å². The monoisotopic (exact) mass is 378 g/mol. The van der Waals surface area contributed by atoms with Crippen molar-refractivity contribution in [2.24, 2.45) is 0 Å². The summed E-state index contributed by atoms with van der Waals surface area (Å²) in [6.07, 6.45) is 2.73. The quantitative estimate of drug-likeness (QED) is 0.397. The van der Waals surface area contributed by atoms with Crippen LogP contribution < -0.4 is 9.47 Å². The molecule has 0 heterocycles. The highest BCUT2D eigenvalue weighted by Crippen LogP contribution is 2.48. The highest BCUT2D eigenvalue weighted by atomic mass is 16.5. The van der Waals surface area contributed by atoms with Gasteiger partial charge in [0.2, 0.25) is 0 Å². The molecule has 2 aromatic carbocycles. The Morgan fingerprint density at radius 1 is 1.00 bits per heavy atom. The van der Waals surface area contributed by atoms with Crippen molar-refractivity contribution in [1.82, 2.24) is 0 Å². The van der Waals surface area contributed by atoms with E-state index in [9.17, 15) is 9.59 Å². The largest absolute Gasteiger partial charge is 0.422 e. The molecule has 4 heteroatoms. The maximum absolute atomic E-state index is 12.4. The summed E-state index contributed by atoms with van der Waals surface area (Å²) in [4.78, 5) is 24.7. The number of carbonyl (C=O) groups excluding carboxylic acids is 2. The van der Waals surface area contributed by atoms with Crippen LogP contribution in [0.3, 0.4) is 0 Å². The Kier molecular flexibility index (Phi) is 5.41. The van der Waals surface area contributed by atoms with Gasteiger partial charge >= 0.3 is 11.9 Å². The zero-order valence-corrected chi connectivity index (χ0v) is 17.0. The van der Waals surface area contributed by atoms with Crippen LogP contribution >= 0.6 is 0 Å². The first-order valence-electron chi connectivity index (χ1n) is 9.55. The lowest BCUT2D eigenvalue weighted by atomic mass is 9.80. The molecule has 146 valence electrons. The highest BCUT2D eigenvalue weighted by molar-refractivity contribution is 6.01. The summed E-state index contributed by atoms with van der Waals surface area (Å²) in [5.41, 5.74) is 3.60. The van der Waals surface area contributed by atoms with Crippen LogP contribution in [0.5, 0.6) is 11.5 Å². The summed E-state index contributed by atoms with van der Waals surface area (Å²) < 4.78 is 11.6. The molecule has 0 aromatic heterocycles. The topological polar surface area (TPSA) is 52.6 Å². The van der Waals surface area contributed by atoms with Crippen molar-refractivity contribution < 1.29 is 19.1 Å². The lowest BCUT2D eigenvalue weighted by Gasteiger charge is -2.28. The van der Waals surface area contributed by atoms with Gasteiger partial charge < -0.3 is 9.47 Å². The summed E-state index contributed by atoms with van der Waals surface area (Å²) in [7, 11) is 0. The van der Waals surface area contributed by atoms with E-state index in [1.165, 1.54) is 0 Å². The normalized spacial score (nSPS) is 15.6. The summed E-state index contributed by atoms with van der Waals surface area (Å²) in [5, 5.41) is 1.53. The number of hydrogen-bond acceptors (Lipinski definition) is 4. The third-order valence-corrected chi connectivity index (χ3v) is 5.15. The van der Waals surface area contributed by atoms with Gasteiger partial charge in [-0.1, -0.05) is 37.8 Å². The first kappa shape index (κ1) is 19.9. The van der Waals surface area contributed by atoms with Gasteiger partial charge in [0.25, 0.3) is 0 Å². The molecule has 4 nitrogen and oxygen atoms in total.